The molecule has 1 aliphatic rings. The number of urea groups is 1. The maximum atomic E-state index is 13.4. The molecule has 5 aromatic rings. The van der Waals surface area contributed by atoms with Crippen LogP contribution in [0.3, 0.4) is 0 Å². The molecule has 1 aromatic carbocycles. The van der Waals surface area contributed by atoms with Crippen molar-refractivity contribution in [2.45, 2.75) is 12.5 Å². The van der Waals surface area contributed by atoms with Crippen molar-refractivity contribution < 1.29 is 9.18 Å². The third kappa shape index (κ3) is 3.78. The van der Waals surface area contributed by atoms with Gasteiger partial charge in [0.1, 0.15) is 17.5 Å². The first-order chi connectivity index (χ1) is 17.5. The molecule has 12 heteroatoms. The first-order valence-corrected chi connectivity index (χ1v) is 11.2. The van der Waals surface area contributed by atoms with Crippen molar-refractivity contribution in [3.05, 3.63) is 78.1 Å². The smallest absolute Gasteiger partial charge is 0.323 e. The molecule has 6 rings (SSSR count). The molecule has 36 heavy (non-hydrogen) atoms. The zero-order valence-corrected chi connectivity index (χ0v) is 19.4. The molecule has 5 heterocycles. The predicted molar refractivity (Wildman–Crippen MR) is 130 cm³/mol. The Balaban J connectivity index is 1.40. The van der Waals surface area contributed by atoms with Gasteiger partial charge >= 0.3 is 6.03 Å². The number of halogens is 1. The minimum absolute atomic E-state index is 0.285. The number of hydrogen-bond acceptors (Lipinski definition) is 7. The first-order valence-electron chi connectivity index (χ1n) is 11.2. The fourth-order valence-electron chi connectivity index (χ4n) is 4.25. The van der Waals surface area contributed by atoms with Gasteiger partial charge in [-0.05, 0) is 35.9 Å². The fourth-order valence-corrected chi connectivity index (χ4v) is 4.25. The molecular formula is C24H21FN10O. The van der Waals surface area contributed by atoms with Crippen LogP contribution in [-0.2, 0) is 13.5 Å². The number of nitrogens with zero attached hydrogens (tertiary/aromatic N) is 8. The van der Waals surface area contributed by atoms with Gasteiger partial charge in [0.25, 0.3) is 0 Å². The number of carbonyl (C=O) groups is 1. The van der Waals surface area contributed by atoms with Gasteiger partial charge < -0.3 is 10.6 Å². The summed E-state index contributed by atoms with van der Waals surface area (Å²) >= 11 is 0. The van der Waals surface area contributed by atoms with Gasteiger partial charge in [0.15, 0.2) is 11.5 Å². The Morgan fingerprint density at radius 3 is 2.67 bits per heavy atom. The molecule has 1 unspecified atom stereocenters. The summed E-state index contributed by atoms with van der Waals surface area (Å²) in [5.41, 5.74) is 2.85. The SMILES string of the molecule is CN1C(=O)NC(Cc2ccc(F)cc2)c2nnc3cc(-c4ccnc(Nc5ccnn5C)n4)cc1n23. The van der Waals surface area contributed by atoms with Crippen molar-refractivity contribution in [1.82, 2.24) is 39.7 Å². The number of aromatic nitrogens is 7. The highest BCUT2D eigenvalue weighted by Gasteiger charge is 2.30. The third-order valence-corrected chi connectivity index (χ3v) is 6.13. The van der Waals surface area contributed by atoms with Gasteiger partial charge in [-0.1, -0.05) is 12.1 Å². The Labute approximate surface area is 204 Å². The number of pyridine rings is 1. The minimum Gasteiger partial charge on any atom is -0.327 e. The molecule has 11 nitrogen and oxygen atoms in total. The van der Waals surface area contributed by atoms with E-state index in [0.717, 1.165) is 16.9 Å². The maximum absolute atomic E-state index is 13.4. The number of benzene rings is 1. The fraction of sp³-hybridized carbons (Fsp3) is 0.167. The molecule has 2 amide bonds. The van der Waals surface area contributed by atoms with Gasteiger partial charge in [-0.2, -0.15) is 5.10 Å². The van der Waals surface area contributed by atoms with E-state index in [-0.39, 0.29) is 11.8 Å². The highest BCUT2D eigenvalue weighted by molar-refractivity contribution is 5.93. The predicted octanol–water partition coefficient (Wildman–Crippen LogP) is 3.25. The second-order valence-electron chi connectivity index (χ2n) is 8.48. The number of aryl methyl sites for hydroxylation is 1. The second kappa shape index (κ2) is 8.41. The summed E-state index contributed by atoms with van der Waals surface area (Å²) in [6.07, 6.45) is 3.78. The lowest BCUT2D eigenvalue weighted by atomic mass is 10.1. The van der Waals surface area contributed by atoms with Crippen molar-refractivity contribution in [3.8, 4) is 11.3 Å². The van der Waals surface area contributed by atoms with Gasteiger partial charge in [0.2, 0.25) is 5.95 Å². The van der Waals surface area contributed by atoms with Crippen molar-refractivity contribution in [3.63, 3.8) is 0 Å². The lowest BCUT2D eigenvalue weighted by Crippen LogP contribution is -2.38. The summed E-state index contributed by atoms with van der Waals surface area (Å²) in [6.45, 7) is 0. The second-order valence-corrected chi connectivity index (χ2v) is 8.48. The summed E-state index contributed by atoms with van der Waals surface area (Å²) in [6, 6.07) is 12.8. The lowest BCUT2D eigenvalue weighted by Gasteiger charge is -2.18. The van der Waals surface area contributed by atoms with E-state index in [1.807, 2.05) is 29.6 Å². The molecular weight excluding hydrogens is 463 g/mol. The molecule has 0 fully saturated rings. The Kier molecular flexibility index (Phi) is 5.06. The Hall–Kier alpha value is -4.87. The molecule has 0 aliphatic carbocycles. The number of carbonyl (C=O) groups excluding carboxylic acids is 1. The molecule has 0 radical (unpaired) electrons. The van der Waals surface area contributed by atoms with Gasteiger partial charge in [-0.3, -0.25) is 14.0 Å². The average Bonchev–Trinajstić information content (AvgIpc) is 3.47. The van der Waals surface area contributed by atoms with Crippen molar-refractivity contribution in [1.29, 1.82) is 0 Å². The topological polar surface area (TPSA) is 118 Å². The van der Waals surface area contributed by atoms with Gasteiger partial charge in [-0.15, -0.1) is 10.2 Å². The molecule has 1 aliphatic heterocycles. The summed E-state index contributed by atoms with van der Waals surface area (Å²) < 4.78 is 16.9. The van der Waals surface area contributed by atoms with Crippen LogP contribution in [0.4, 0.5) is 26.8 Å². The highest BCUT2D eigenvalue weighted by atomic mass is 19.1. The summed E-state index contributed by atoms with van der Waals surface area (Å²) in [5, 5.41) is 19.1. The standard InChI is InChI=1S/C24H21FN10O/c1-33-21-13-15(17-7-9-26-23(28-17)30-19-8-10-27-34(19)2)12-20-31-32-22(35(20)21)18(29-24(33)36)11-14-3-5-16(25)6-4-14/h3-10,12-13,18H,11H2,1-2H3,(H,29,36)(H,26,28,30). The summed E-state index contributed by atoms with van der Waals surface area (Å²) in [7, 11) is 3.51. The van der Waals surface area contributed by atoms with E-state index in [1.54, 1.807) is 42.3 Å². The van der Waals surface area contributed by atoms with Crippen molar-refractivity contribution in [2.75, 3.05) is 17.3 Å². The number of anilines is 3. The van der Waals surface area contributed by atoms with Crippen LogP contribution in [0.5, 0.6) is 0 Å². The van der Waals surface area contributed by atoms with E-state index >= 15 is 0 Å². The molecule has 4 aromatic heterocycles. The van der Waals surface area contributed by atoms with Crippen LogP contribution in [0.15, 0.2) is 60.9 Å². The van der Waals surface area contributed by atoms with Crippen LogP contribution in [0.1, 0.15) is 17.4 Å². The molecule has 0 bridgehead atoms. The minimum atomic E-state index is -0.443. The molecule has 0 spiro atoms. The van der Waals surface area contributed by atoms with E-state index in [4.69, 9.17) is 0 Å². The van der Waals surface area contributed by atoms with Crippen LogP contribution in [0.2, 0.25) is 0 Å². The Bertz CT molecular complexity index is 1590. The average molecular weight is 484 g/mol. The monoisotopic (exact) mass is 484 g/mol. The quantitative estimate of drug-likeness (QED) is 0.393. The van der Waals surface area contributed by atoms with Crippen molar-refractivity contribution in [2.24, 2.45) is 7.05 Å². The van der Waals surface area contributed by atoms with Crippen LogP contribution >= 0.6 is 0 Å². The van der Waals surface area contributed by atoms with Crippen molar-refractivity contribution >= 4 is 29.3 Å². The number of amides is 2. The highest BCUT2D eigenvalue weighted by Crippen LogP contribution is 2.31. The number of rotatable bonds is 5. The van der Waals surface area contributed by atoms with Crippen LogP contribution in [0, 0.1) is 5.82 Å². The van der Waals surface area contributed by atoms with E-state index in [2.05, 4.69) is 35.9 Å². The van der Waals surface area contributed by atoms with E-state index in [1.165, 1.54) is 17.0 Å². The van der Waals surface area contributed by atoms with E-state index in [0.29, 0.717) is 35.4 Å². The molecule has 180 valence electrons. The van der Waals surface area contributed by atoms with Crippen LogP contribution in [0.25, 0.3) is 16.9 Å². The first kappa shape index (κ1) is 21.6. The normalized spacial score (nSPS) is 15.1. The van der Waals surface area contributed by atoms with Crippen LogP contribution in [-0.4, -0.2) is 47.4 Å². The van der Waals surface area contributed by atoms with Crippen LogP contribution < -0.4 is 15.5 Å². The van der Waals surface area contributed by atoms with E-state index < -0.39 is 6.04 Å². The van der Waals surface area contributed by atoms with E-state index in [9.17, 15) is 9.18 Å². The molecule has 0 saturated heterocycles. The maximum Gasteiger partial charge on any atom is 0.323 e. The molecule has 1 atom stereocenters. The molecule has 2 N–H and O–H groups in total. The summed E-state index contributed by atoms with van der Waals surface area (Å²) in [5.74, 6) is 2.04. The third-order valence-electron chi connectivity index (χ3n) is 6.13. The van der Waals surface area contributed by atoms with Gasteiger partial charge in [-0.25, -0.2) is 19.2 Å². The molecule has 0 saturated carbocycles. The zero-order valence-electron chi connectivity index (χ0n) is 19.4. The zero-order chi connectivity index (χ0) is 24.8. The lowest BCUT2D eigenvalue weighted by molar-refractivity contribution is 0.244. The number of nitrogens with one attached hydrogen (secondary N) is 2. The number of hydrogen-bond donors (Lipinski definition) is 2. The Morgan fingerprint density at radius 1 is 1.06 bits per heavy atom. The van der Waals surface area contributed by atoms with Gasteiger partial charge in [0, 0.05) is 38.3 Å². The Morgan fingerprint density at radius 2 is 1.89 bits per heavy atom. The summed E-state index contributed by atoms with van der Waals surface area (Å²) in [4.78, 5) is 23.5. The van der Waals surface area contributed by atoms with Gasteiger partial charge in [0.05, 0.1) is 17.9 Å². The largest absolute Gasteiger partial charge is 0.327 e.